The molecule has 1 aromatic carbocycles. The van der Waals surface area contributed by atoms with Crippen LogP contribution in [0.4, 0.5) is 13.2 Å². The van der Waals surface area contributed by atoms with Crippen molar-refractivity contribution in [2.45, 2.75) is 23.9 Å². The summed E-state index contributed by atoms with van der Waals surface area (Å²) in [5, 5.41) is 2.59. The number of ether oxygens (including phenoxy) is 1. The molecule has 0 bridgehead atoms. The van der Waals surface area contributed by atoms with E-state index in [4.69, 9.17) is 4.74 Å². The summed E-state index contributed by atoms with van der Waals surface area (Å²) in [5.41, 5.74) is 0.781. The van der Waals surface area contributed by atoms with Gasteiger partial charge in [0.05, 0.1) is 5.75 Å². The van der Waals surface area contributed by atoms with E-state index in [-0.39, 0.29) is 18.8 Å². The van der Waals surface area contributed by atoms with Crippen LogP contribution in [0.1, 0.15) is 12.0 Å². The number of hydrogen-bond acceptors (Lipinski definition) is 5. The second kappa shape index (κ2) is 7.53. The Kier molecular flexibility index (Phi) is 6.09. The first-order valence-electron chi connectivity index (χ1n) is 7.46. The van der Waals surface area contributed by atoms with Crippen molar-refractivity contribution < 1.29 is 26.3 Å². The first-order valence-corrected chi connectivity index (χ1v) is 10.5. The lowest BCUT2D eigenvalue weighted by Gasteiger charge is -2.31. The first kappa shape index (κ1) is 19.4. The van der Waals surface area contributed by atoms with Crippen molar-refractivity contribution in [3.05, 3.63) is 29.8 Å². The van der Waals surface area contributed by atoms with Gasteiger partial charge in [0.25, 0.3) is 0 Å². The highest BCUT2D eigenvalue weighted by atomic mass is 32.2. The van der Waals surface area contributed by atoms with E-state index in [9.17, 15) is 21.6 Å². The van der Waals surface area contributed by atoms with E-state index in [2.05, 4.69) is 5.32 Å². The van der Waals surface area contributed by atoms with E-state index in [0.717, 1.165) is 23.6 Å². The minimum Gasteiger partial charge on any atom is -0.493 e. The van der Waals surface area contributed by atoms with E-state index in [1.165, 1.54) is 0 Å². The average molecular weight is 383 g/mol. The normalized spacial score (nSPS) is 21.8. The Morgan fingerprint density at radius 1 is 1.29 bits per heavy atom. The van der Waals surface area contributed by atoms with Gasteiger partial charge in [0, 0.05) is 18.6 Å². The topological polar surface area (TPSA) is 55.4 Å². The number of hydrogen-bond donors (Lipinski definition) is 1. The molecular formula is C15H20F3NO3S2. The van der Waals surface area contributed by atoms with E-state index in [1.54, 1.807) is 24.3 Å². The molecule has 0 amide bonds. The summed E-state index contributed by atoms with van der Waals surface area (Å²) >= 11 is 0.915. The molecule has 4 nitrogen and oxygen atoms in total. The molecule has 0 aliphatic carbocycles. The molecule has 1 aliphatic heterocycles. The van der Waals surface area contributed by atoms with Gasteiger partial charge in [-0.25, -0.2) is 8.42 Å². The minimum atomic E-state index is -4.29. The Bertz CT molecular complexity index is 639. The monoisotopic (exact) mass is 383 g/mol. The van der Waals surface area contributed by atoms with E-state index in [1.807, 2.05) is 0 Å². The molecule has 9 heteroatoms. The summed E-state index contributed by atoms with van der Waals surface area (Å²) in [6.45, 7) is 0.410. The smallest absolute Gasteiger partial charge is 0.416 e. The molecule has 1 unspecified atom stereocenters. The van der Waals surface area contributed by atoms with Crippen LogP contribution in [0, 0.1) is 0 Å². The lowest BCUT2D eigenvalue weighted by atomic mass is 10.0. The fraction of sp³-hybridized carbons (Fsp3) is 0.600. The number of aryl methyl sites for hydroxylation is 1. The number of sulfone groups is 1. The number of rotatable bonds is 7. The standard InChI is InChI=1S/C15H20F3NO3S2/c1-24(20,21)11-9-22-13-4-2-12(3-5-13)6-7-14(15(16,17)18)19-8-10-23-14/h2-5,19H,6-11H2,1H3. The van der Waals surface area contributed by atoms with Gasteiger partial charge in [-0.2, -0.15) is 13.2 Å². The van der Waals surface area contributed by atoms with Crippen molar-refractivity contribution in [2.24, 2.45) is 0 Å². The van der Waals surface area contributed by atoms with Crippen LogP contribution in [0.15, 0.2) is 24.3 Å². The van der Waals surface area contributed by atoms with Crippen LogP contribution in [-0.4, -0.2) is 50.4 Å². The molecule has 136 valence electrons. The predicted molar refractivity (Wildman–Crippen MR) is 89.2 cm³/mol. The number of nitrogens with one attached hydrogen (secondary N) is 1. The van der Waals surface area contributed by atoms with Crippen molar-refractivity contribution in [1.82, 2.24) is 5.32 Å². The zero-order valence-electron chi connectivity index (χ0n) is 13.2. The van der Waals surface area contributed by atoms with Crippen LogP contribution >= 0.6 is 11.8 Å². The van der Waals surface area contributed by atoms with Crippen molar-refractivity contribution >= 4 is 21.6 Å². The van der Waals surface area contributed by atoms with Crippen LogP contribution in [0.25, 0.3) is 0 Å². The minimum absolute atomic E-state index is 0.0323. The molecule has 1 N–H and O–H groups in total. The molecule has 0 radical (unpaired) electrons. The molecule has 1 heterocycles. The molecular weight excluding hydrogens is 363 g/mol. The zero-order chi connectivity index (χ0) is 17.8. The number of alkyl halides is 3. The summed E-state index contributed by atoms with van der Waals surface area (Å²) < 4.78 is 67.1. The van der Waals surface area contributed by atoms with Crippen LogP contribution in [0.5, 0.6) is 5.75 Å². The molecule has 1 fully saturated rings. The quantitative estimate of drug-likeness (QED) is 0.785. The van der Waals surface area contributed by atoms with Gasteiger partial charge in [0.15, 0.2) is 14.7 Å². The Morgan fingerprint density at radius 2 is 1.96 bits per heavy atom. The number of thioether (sulfide) groups is 1. The third-order valence-electron chi connectivity index (χ3n) is 3.73. The van der Waals surface area contributed by atoms with Gasteiger partial charge in [-0.15, -0.1) is 11.8 Å². The van der Waals surface area contributed by atoms with Crippen molar-refractivity contribution in [3.8, 4) is 5.75 Å². The summed E-state index contributed by atoms with van der Waals surface area (Å²) in [4.78, 5) is -1.86. The van der Waals surface area contributed by atoms with Crippen molar-refractivity contribution in [3.63, 3.8) is 0 Å². The largest absolute Gasteiger partial charge is 0.493 e. The second-order valence-corrected chi connectivity index (χ2v) is 9.38. The Labute approximate surface area is 144 Å². The molecule has 0 saturated carbocycles. The average Bonchev–Trinajstić information content (AvgIpc) is 2.95. The van der Waals surface area contributed by atoms with Gasteiger partial charge in [-0.05, 0) is 30.5 Å². The van der Waals surface area contributed by atoms with Gasteiger partial charge in [0.2, 0.25) is 0 Å². The third-order valence-corrected chi connectivity index (χ3v) is 6.12. The predicted octanol–water partition coefficient (Wildman–Crippen LogP) is 2.64. The molecule has 1 atom stereocenters. The maximum Gasteiger partial charge on any atom is 0.416 e. The molecule has 2 rings (SSSR count). The van der Waals surface area contributed by atoms with Crippen LogP contribution in [0.2, 0.25) is 0 Å². The van der Waals surface area contributed by atoms with Gasteiger partial charge in [-0.1, -0.05) is 12.1 Å². The lowest BCUT2D eigenvalue weighted by Crippen LogP contribution is -2.50. The van der Waals surface area contributed by atoms with Gasteiger partial charge in [-0.3, -0.25) is 5.32 Å². The molecule has 1 aromatic rings. The van der Waals surface area contributed by atoms with Crippen LogP contribution in [0.3, 0.4) is 0 Å². The van der Waals surface area contributed by atoms with Gasteiger partial charge in [0.1, 0.15) is 12.4 Å². The maximum absolute atomic E-state index is 13.3. The fourth-order valence-corrected chi connectivity index (χ4v) is 3.95. The van der Waals surface area contributed by atoms with E-state index >= 15 is 0 Å². The van der Waals surface area contributed by atoms with Crippen LogP contribution < -0.4 is 10.1 Å². The lowest BCUT2D eigenvalue weighted by molar-refractivity contribution is -0.166. The molecule has 1 aliphatic rings. The Balaban J connectivity index is 1.89. The van der Waals surface area contributed by atoms with E-state index < -0.39 is 20.9 Å². The highest BCUT2D eigenvalue weighted by molar-refractivity contribution is 8.01. The summed E-state index contributed by atoms with van der Waals surface area (Å²) in [7, 11) is -3.08. The summed E-state index contributed by atoms with van der Waals surface area (Å²) in [6, 6.07) is 6.71. The fourth-order valence-electron chi connectivity index (χ4n) is 2.40. The van der Waals surface area contributed by atoms with Crippen molar-refractivity contribution in [2.75, 3.05) is 30.9 Å². The zero-order valence-corrected chi connectivity index (χ0v) is 14.9. The van der Waals surface area contributed by atoms with Crippen molar-refractivity contribution in [1.29, 1.82) is 0 Å². The number of benzene rings is 1. The highest BCUT2D eigenvalue weighted by Crippen LogP contribution is 2.45. The molecule has 0 aromatic heterocycles. The number of halogens is 3. The second-order valence-electron chi connectivity index (χ2n) is 5.72. The maximum atomic E-state index is 13.3. The highest BCUT2D eigenvalue weighted by Gasteiger charge is 2.56. The Morgan fingerprint density at radius 3 is 2.46 bits per heavy atom. The van der Waals surface area contributed by atoms with E-state index in [0.29, 0.717) is 24.5 Å². The van der Waals surface area contributed by atoms with Gasteiger partial charge >= 0.3 is 6.18 Å². The van der Waals surface area contributed by atoms with Crippen LogP contribution in [-0.2, 0) is 16.3 Å². The summed E-state index contributed by atoms with van der Waals surface area (Å²) in [6.07, 6.45) is -2.90. The molecule has 1 saturated heterocycles. The Hall–Kier alpha value is -0.930. The SMILES string of the molecule is CS(=O)(=O)CCOc1ccc(CCC2(C(F)(F)F)NCCS2)cc1. The third kappa shape index (κ3) is 5.29. The first-order chi connectivity index (χ1) is 11.1. The molecule has 0 spiro atoms. The summed E-state index contributed by atoms with van der Waals surface area (Å²) in [5.74, 6) is 0.875. The van der Waals surface area contributed by atoms with Gasteiger partial charge < -0.3 is 4.74 Å². The molecule has 24 heavy (non-hydrogen) atoms.